The van der Waals surface area contributed by atoms with Gasteiger partial charge in [0.15, 0.2) is 0 Å². The first-order chi connectivity index (χ1) is 13.8. The van der Waals surface area contributed by atoms with Crippen LogP contribution in [0.15, 0.2) is 0 Å². The summed E-state index contributed by atoms with van der Waals surface area (Å²) >= 11 is 0. The average molecular weight is 411 g/mol. The van der Waals surface area contributed by atoms with E-state index in [4.69, 9.17) is 0 Å². The number of urea groups is 1. The average Bonchev–Trinajstić information content (AvgIpc) is 3.01. The Hall–Kier alpha value is -2.16. The summed E-state index contributed by atoms with van der Waals surface area (Å²) < 4.78 is 0. The summed E-state index contributed by atoms with van der Waals surface area (Å²) in [5.41, 5.74) is 4.05. The molecule has 1 aliphatic heterocycles. The van der Waals surface area contributed by atoms with Gasteiger partial charge < -0.3 is 5.32 Å². The van der Waals surface area contributed by atoms with Crippen LogP contribution < -0.4 is 16.2 Å². The number of rotatable bonds is 10. The highest BCUT2D eigenvalue weighted by Gasteiger charge is 2.37. The van der Waals surface area contributed by atoms with Gasteiger partial charge in [-0.15, -0.1) is 0 Å². The largest absolute Gasteiger partial charge is 0.343 e. The van der Waals surface area contributed by atoms with Crippen LogP contribution in [0.3, 0.4) is 0 Å². The Morgan fingerprint density at radius 3 is 2.38 bits per heavy atom. The maximum atomic E-state index is 12.9. The van der Waals surface area contributed by atoms with Gasteiger partial charge in [-0.25, -0.2) is 10.3 Å². The Bertz CT molecular complexity index is 588. The maximum Gasteiger partial charge on any atom is 0.343 e. The van der Waals surface area contributed by atoms with E-state index in [0.717, 1.165) is 12.8 Å². The summed E-state index contributed by atoms with van der Waals surface area (Å²) in [5, 5.41) is 12.2. The Balaban J connectivity index is 2.05. The molecule has 1 unspecified atom stereocenters. The van der Waals surface area contributed by atoms with E-state index < -0.39 is 35.6 Å². The van der Waals surface area contributed by atoms with Gasteiger partial charge in [-0.2, -0.15) is 5.01 Å². The molecule has 1 saturated heterocycles. The molecule has 0 aromatic carbocycles. The zero-order chi connectivity index (χ0) is 21.4. The van der Waals surface area contributed by atoms with Crippen LogP contribution in [0.25, 0.3) is 0 Å². The van der Waals surface area contributed by atoms with E-state index in [0.29, 0.717) is 23.8 Å². The summed E-state index contributed by atoms with van der Waals surface area (Å²) in [6.45, 7) is 3.70. The van der Waals surface area contributed by atoms with Crippen molar-refractivity contribution in [2.24, 2.45) is 23.7 Å². The lowest BCUT2D eigenvalue weighted by Gasteiger charge is -2.28. The molecule has 0 aromatic rings. The van der Waals surface area contributed by atoms with Crippen LogP contribution in [-0.4, -0.2) is 40.5 Å². The fraction of sp³-hybridized carbons (Fsp3) is 0.800. The number of hydrazine groups is 1. The Labute approximate surface area is 171 Å². The van der Waals surface area contributed by atoms with Crippen molar-refractivity contribution in [1.82, 2.24) is 21.2 Å². The number of hydrogen-bond donors (Lipinski definition) is 4. The predicted molar refractivity (Wildman–Crippen MR) is 105 cm³/mol. The molecule has 2 aliphatic rings. The molecule has 0 aromatic heterocycles. The molecule has 9 nitrogen and oxygen atoms in total. The molecule has 164 valence electrons. The summed E-state index contributed by atoms with van der Waals surface area (Å²) in [7, 11) is 0. The van der Waals surface area contributed by atoms with Crippen molar-refractivity contribution in [1.29, 1.82) is 0 Å². The molecule has 2 rings (SSSR count). The quantitative estimate of drug-likeness (QED) is 0.249. The number of hydrogen-bond acceptors (Lipinski definition) is 5. The first kappa shape index (κ1) is 23.1. The van der Waals surface area contributed by atoms with Crippen LogP contribution in [0.2, 0.25) is 0 Å². The minimum Gasteiger partial charge on any atom is -0.327 e. The molecule has 0 radical (unpaired) electrons. The highest BCUT2D eigenvalue weighted by atomic mass is 16.5. The fourth-order valence-corrected chi connectivity index (χ4v) is 4.39. The van der Waals surface area contributed by atoms with Gasteiger partial charge in [0.1, 0.15) is 6.54 Å². The van der Waals surface area contributed by atoms with Gasteiger partial charge in [0.05, 0.1) is 11.8 Å². The van der Waals surface area contributed by atoms with E-state index in [2.05, 4.69) is 10.7 Å². The number of imide groups is 1. The van der Waals surface area contributed by atoms with E-state index >= 15 is 0 Å². The Morgan fingerprint density at radius 2 is 1.83 bits per heavy atom. The maximum absolute atomic E-state index is 12.9. The fourth-order valence-electron chi connectivity index (χ4n) is 4.39. The summed E-state index contributed by atoms with van der Waals surface area (Å²) in [6.07, 6.45) is 8.84. The van der Waals surface area contributed by atoms with Gasteiger partial charge in [0.25, 0.3) is 5.91 Å². The van der Waals surface area contributed by atoms with Crippen LogP contribution in [0, 0.1) is 23.7 Å². The van der Waals surface area contributed by atoms with Gasteiger partial charge >= 0.3 is 6.03 Å². The molecular formula is C20H34N4O5. The normalized spacial score (nSPS) is 19.8. The van der Waals surface area contributed by atoms with Crippen molar-refractivity contribution in [3.63, 3.8) is 0 Å². The smallest absolute Gasteiger partial charge is 0.327 e. The molecule has 1 heterocycles. The van der Waals surface area contributed by atoms with Crippen LogP contribution in [0.5, 0.6) is 0 Å². The first-order valence-electron chi connectivity index (χ1n) is 10.7. The molecule has 0 bridgehead atoms. The number of nitrogens with zero attached hydrogens (tertiary/aromatic N) is 1. The second-order valence-corrected chi connectivity index (χ2v) is 8.62. The third-order valence-electron chi connectivity index (χ3n) is 5.91. The Kier molecular flexibility index (Phi) is 8.88. The summed E-state index contributed by atoms with van der Waals surface area (Å²) in [6, 6.07) is -0.688. The van der Waals surface area contributed by atoms with Crippen LogP contribution in [0.1, 0.15) is 71.6 Å². The van der Waals surface area contributed by atoms with Crippen molar-refractivity contribution >= 4 is 23.8 Å². The number of hydroxylamine groups is 1. The summed E-state index contributed by atoms with van der Waals surface area (Å²) in [5.74, 6) is -2.43. The molecule has 5 amide bonds. The van der Waals surface area contributed by atoms with E-state index in [-0.39, 0.29) is 12.5 Å². The third kappa shape index (κ3) is 6.69. The number of nitrogens with one attached hydrogen (secondary N) is 3. The number of carbonyl (C=O) groups is 4. The minimum absolute atomic E-state index is 0.112. The van der Waals surface area contributed by atoms with Crippen molar-refractivity contribution in [2.45, 2.75) is 71.6 Å². The van der Waals surface area contributed by atoms with Gasteiger partial charge in [-0.3, -0.25) is 25.0 Å². The van der Waals surface area contributed by atoms with Crippen LogP contribution in [0.4, 0.5) is 4.79 Å². The van der Waals surface area contributed by atoms with Gasteiger partial charge in [0, 0.05) is 0 Å². The highest BCUT2D eigenvalue weighted by Crippen LogP contribution is 2.31. The summed E-state index contributed by atoms with van der Waals surface area (Å²) in [4.78, 5) is 48.8. The molecule has 2 fully saturated rings. The van der Waals surface area contributed by atoms with E-state index in [1.807, 2.05) is 13.8 Å². The van der Waals surface area contributed by atoms with E-state index in [9.17, 15) is 24.4 Å². The van der Waals surface area contributed by atoms with Crippen molar-refractivity contribution < 1.29 is 24.4 Å². The third-order valence-corrected chi connectivity index (χ3v) is 5.91. The van der Waals surface area contributed by atoms with Crippen LogP contribution in [-0.2, 0) is 14.4 Å². The van der Waals surface area contributed by atoms with Crippen molar-refractivity contribution in [3.05, 3.63) is 0 Å². The molecule has 9 heteroatoms. The zero-order valence-corrected chi connectivity index (χ0v) is 17.4. The number of carbonyl (C=O) groups excluding carboxylic acids is 4. The monoisotopic (exact) mass is 410 g/mol. The highest BCUT2D eigenvalue weighted by molar-refractivity contribution is 6.03. The lowest BCUT2D eigenvalue weighted by atomic mass is 9.79. The van der Waals surface area contributed by atoms with Crippen molar-refractivity contribution in [3.8, 4) is 0 Å². The first-order valence-corrected chi connectivity index (χ1v) is 10.7. The molecule has 0 spiro atoms. The minimum atomic E-state index is -0.755. The molecule has 1 saturated carbocycles. The van der Waals surface area contributed by atoms with Gasteiger partial charge in [-0.05, 0) is 24.7 Å². The molecule has 4 N–H and O–H groups in total. The second kappa shape index (κ2) is 11.1. The predicted octanol–water partition coefficient (Wildman–Crippen LogP) is 2.10. The Morgan fingerprint density at radius 1 is 1.14 bits per heavy atom. The zero-order valence-electron chi connectivity index (χ0n) is 17.4. The van der Waals surface area contributed by atoms with Gasteiger partial charge in [-0.1, -0.05) is 58.8 Å². The van der Waals surface area contributed by atoms with Crippen molar-refractivity contribution in [2.75, 3.05) is 6.54 Å². The van der Waals surface area contributed by atoms with E-state index in [1.54, 1.807) is 5.48 Å². The lowest BCUT2D eigenvalue weighted by Crippen LogP contribution is -2.51. The second-order valence-electron chi connectivity index (χ2n) is 8.62. The van der Waals surface area contributed by atoms with Crippen LogP contribution >= 0.6 is 0 Å². The van der Waals surface area contributed by atoms with E-state index in [1.165, 1.54) is 32.1 Å². The molecule has 2 atom stereocenters. The lowest BCUT2D eigenvalue weighted by molar-refractivity contribution is -0.144. The molecule has 1 aliphatic carbocycles. The standard InChI is InChI=1S/C20H34N4O5/c1-13(2)11-16(18(26)22-24-17(25)12-21-20(24)28)15(19(27)23-29)10-6-9-14-7-4-3-5-8-14/h13-16,29H,3-12H2,1-2H3,(H,21,28)(H,22,26)(H,23,27)/t15-,16?/m1/s1. The molecule has 29 heavy (non-hydrogen) atoms. The van der Waals surface area contributed by atoms with Gasteiger partial charge in [0.2, 0.25) is 11.8 Å². The SMILES string of the molecule is CC(C)CC(C(=O)NN1C(=O)CNC1=O)[C@@H](CCCC1CCCCC1)C(=O)NO. The number of amides is 5. The topological polar surface area (TPSA) is 128 Å². The molecular weight excluding hydrogens is 376 g/mol.